The highest BCUT2D eigenvalue weighted by atomic mass is 16.7. The van der Waals surface area contributed by atoms with Gasteiger partial charge in [-0.25, -0.2) is 0 Å². The first-order chi connectivity index (χ1) is 23.0. The van der Waals surface area contributed by atoms with Gasteiger partial charge >= 0.3 is 11.9 Å². The molecule has 2 aliphatic heterocycles. The standard InChI is InChI=1S/C39H52O8/c1-4-5-6-7-8-9-10-11-12-13-14-15-16-17-18-19-35(40)47-38-33(42-2)22-28(23-34(38)43-3)36-30-24-32-31(45-26-46-32)21-27(30)20-29-25-44-39(41)37(29)36/h11-12,21-24,29,36-37H,4-10,13-20,25-26H2,1-3H3/b12-11-/t29-,36+,37-/m0/s1. The number of hydrogen-bond donors (Lipinski definition) is 0. The lowest BCUT2D eigenvalue weighted by molar-refractivity contribution is -0.141. The first kappa shape index (κ1) is 34.6. The summed E-state index contributed by atoms with van der Waals surface area (Å²) in [6.45, 7) is 2.82. The van der Waals surface area contributed by atoms with E-state index < -0.39 is 0 Å². The van der Waals surface area contributed by atoms with Crippen LogP contribution in [0.1, 0.15) is 119 Å². The molecule has 47 heavy (non-hydrogen) atoms. The first-order valence-electron chi connectivity index (χ1n) is 17.7. The average molecular weight is 649 g/mol. The monoisotopic (exact) mass is 648 g/mol. The Morgan fingerprint density at radius 3 is 2.09 bits per heavy atom. The smallest absolute Gasteiger partial charge is 0.311 e. The summed E-state index contributed by atoms with van der Waals surface area (Å²) >= 11 is 0. The molecule has 0 unspecified atom stereocenters. The molecule has 0 aromatic heterocycles. The molecule has 3 aliphatic rings. The molecule has 1 fully saturated rings. The van der Waals surface area contributed by atoms with Crippen molar-refractivity contribution in [2.75, 3.05) is 27.6 Å². The molecule has 5 rings (SSSR count). The van der Waals surface area contributed by atoms with Crippen molar-refractivity contribution >= 4 is 11.9 Å². The van der Waals surface area contributed by atoms with Gasteiger partial charge in [-0.15, -0.1) is 0 Å². The van der Waals surface area contributed by atoms with E-state index in [4.69, 9.17) is 28.4 Å². The molecule has 0 spiro atoms. The van der Waals surface area contributed by atoms with Crippen LogP contribution in [0.15, 0.2) is 36.4 Å². The molecule has 256 valence electrons. The summed E-state index contributed by atoms with van der Waals surface area (Å²) in [6.07, 6.45) is 21.3. The fourth-order valence-electron chi connectivity index (χ4n) is 7.19. The van der Waals surface area contributed by atoms with Crippen LogP contribution in [-0.4, -0.2) is 39.6 Å². The molecule has 3 atom stereocenters. The first-order valence-corrected chi connectivity index (χ1v) is 17.7. The van der Waals surface area contributed by atoms with Crippen LogP contribution in [0.3, 0.4) is 0 Å². The molecule has 8 nitrogen and oxygen atoms in total. The third-order valence-corrected chi connectivity index (χ3v) is 9.73. The van der Waals surface area contributed by atoms with Crippen molar-refractivity contribution in [3.8, 4) is 28.7 Å². The summed E-state index contributed by atoms with van der Waals surface area (Å²) < 4.78 is 34.1. The van der Waals surface area contributed by atoms with Crippen LogP contribution >= 0.6 is 0 Å². The Bertz CT molecular complexity index is 1360. The van der Waals surface area contributed by atoms with E-state index in [1.807, 2.05) is 24.3 Å². The molecular weight excluding hydrogens is 596 g/mol. The van der Waals surface area contributed by atoms with Gasteiger partial charge in [-0.05, 0) is 79.5 Å². The fourth-order valence-corrected chi connectivity index (χ4v) is 7.19. The zero-order chi connectivity index (χ0) is 33.0. The van der Waals surface area contributed by atoms with Crippen molar-refractivity contribution < 1.29 is 38.0 Å². The molecule has 1 aliphatic carbocycles. The van der Waals surface area contributed by atoms with E-state index in [1.165, 1.54) is 57.8 Å². The second-order valence-corrected chi connectivity index (χ2v) is 13.1. The summed E-state index contributed by atoms with van der Waals surface area (Å²) in [5, 5.41) is 0. The van der Waals surface area contributed by atoms with Crippen LogP contribution in [0.2, 0.25) is 0 Å². The Labute approximate surface area is 280 Å². The molecular formula is C39H52O8. The molecule has 0 saturated carbocycles. The minimum atomic E-state index is -0.355. The highest BCUT2D eigenvalue weighted by molar-refractivity contribution is 5.79. The number of allylic oxidation sites excluding steroid dienone is 2. The number of hydrogen-bond acceptors (Lipinski definition) is 8. The van der Waals surface area contributed by atoms with Crippen molar-refractivity contribution in [1.29, 1.82) is 0 Å². The van der Waals surface area contributed by atoms with E-state index in [0.717, 1.165) is 54.5 Å². The number of carbonyl (C=O) groups excluding carboxylic acids is 2. The van der Waals surface area contributed by atoms with Crippen molar-refractivity contribution in [2.45, 2.75) is 109 Å². The zero-order valence-electron chi connectivity index (χ0n) is 28.5. The topological polar surface area (TPSA) is 89.5 Å². The van der Waals surface area contributed by atoms with E-state index >= 15 is 0 Å². The number of benzene rings is 2. The number of unbranched alkanes of at least 4 members (excludes halogenated alkanes) is 11. The maximum absolute atomic E-state index is 13.0. The molecule has 0 amide bonds. The lowest BCUT2D eigenvalue weighted by Gasteiger charge is -2.34. The number of ether oxygens (including phenoxy) is 6. The molecule has 2 aromatic carbocycles. The third kappa shape index (κ3) is 8.82. The van der Waals surface area contributed by atoms with E-state index in [0.29, 0.717) is 30.3 Å². The van der Waals surface area contributed by atoms with E-state index in [1.54, 1.807) is 14.2 Å². The van der Waals surface area contributed by atoms with Gasteiger partial charge in [0.2, 0.25) is 12.5 Å². The van der Waals surface area contributed by atoms with Gasteiger partial charge < -0.3 is 28.4 Å². The zero-order valence-corrected chi connectivity index (χ0v) is 28.5. The number of fused-ring (bicyclic) bond motifs is 3. The Kier molecular flexibility index (Phi) is 12.9. The van der Waals surface area contributed by atoms with Crippen molar-refractivity contribution in [3.63, 3.8) is 0 Å². The normalized spacial score (nSPS) is 19.4. The highest BCUT2D eigenvalue weighted by Crippen LogP contribution is 2.52. The number of cyclic esters (lactones) is 1. The summed E-state index contributed by atoms with van der Waals surface area (Å²) in [5.74, 6) is 1.25. The number of rotatable bonds is 19. The average Bonchev–Trinajstić information content (AvgIpc) is 3.70. The third-order valence-electron chi connectivity index (χ3n) is 9.73. The summed E-state index contributed by atoms with van der Waals surface area (Å²) in [4.78, 5) is 25.9. The Balaban J connectivity index is 1.13. The van der Waals surface area contributed by atoms with E-state index in [2.05, 4.69) is 19.1 Å². The highest BCUT2D eigenvalue weighted by Gasteiger charge is 2.48. The Morgan fingerprint density at radius 2 is 1.43 bits per heavy atom. The van der Waals surface area contributed by atoms with Gasteiger partial charge in [0.15, 0.2) is 23.0 Å². The fraction of sp³-hybridized carbons (Fsp3) is 0.590. The van der Waals surface area contributed by atoms with Gasteiger partial charge in [-0.1, -0.05) is 70.4 Å². The summed E-state index contributed by atoms with van der Waals surface area (Å²) in [7, 11) is 3.08. The predicted molar refractivity (Wildman–Crippen MR) is 181 cm³/mol. The SMILES string of the molecule is CCCCCCCC/C=C\CCCCCCCC(=O)Oc1c(OC)cc([C@@H]2c3cc4c(cc3C[C@H]3COC(=O)[C@@H]32)OCO4)cc1OC. The van der Waals surface area contributed by atoms with Gasteiger partial charge in [0.1, 0.15) is 0 Å². The van der Waals surface area contributed by atoms with Crippen LogP contribution in [0.25, 0.3) is 0 Å². The lowest BCUT2D eigenvalue weighted by Crippen LogP contribution is -2.31. The second kappa shape index (κ2) is 17.5. The molecule has 2 aromatic rings. The predicted octanol–water partition coefficient (Wildman–Crippen LogP) is 8.85. The molecule has 2 heterocycles. The van der Waals surface area contributed by atoms with Crippen molar-refractivity contribution in [2.24, 2.45) is 11.8 Å². The quantitative estimate of drug-likeness (QED) is 0.0646. The number of esters is 2. The largest absolute Gasteiger partial charge is 0.493 e. The van der Waals surface area contributed by atoms with Crippen LogP contribution in [0, 0.1) is 11.8 Å². The minimum Gasteiger partial charge on any atom is -0.493 e. The lowest BCUT2D eigenvalue weighted by atomic mass is 9.67. The Hall–Kier alpha value is -3.68. The maximum atomic E-state index is 13.0. The summed E-state index contributed by atoms with van der Waals surface area (Å²) in [6, 6.07) is 7.69. The van der Waals surface area contributed by atoms with Gasteiger partial charge in [0.05, 0.1) is 26.7 Å². The number of methoxy groups -OCH3 is 2. The van der Waals surface area contributed by atoms with Crippen LogP contribution in [0.5, 0.6) is 28.7 Å². The molecule has 1 saturated heterocycles. The van der Waals surface area contributed by atoms with Crippen molar-refractivity contribution in [1.82, 2.24) is 0 Å². The van der Waals surface area contributed by atoms with Crippen LogP contribution < -0.4 is 23.7 Å². The van der Waals surface area contributed by atoms with Gasteiger partial charge in [-0.3, -0.25) is 9.59 Å². The maximum Gasteiger partial charge on any atom is 0.311 e. The van der Waals surface area contributed by atoms with Crippen LogP contribution in [-0.2, 0) is 20.7 Å². The van der Waals surface area contributed by atoms with Gasteiger partial charge in [0, 0.05) is 18.3 Å². The van der Waals surface area contributed by atoms with Gasteiger partial charge in [-0.2, -0.15) is 0 Å². The van der Waals surface area contributed by atoms with Gasteiger partial charge in [0.25, 0.3) is 0 Å². The molecule has 0 radical (unpaired) electrons. The van der Waals surface area contributed by atoms with E-state index in [-0.39, 0.29) is 42.2 Å². The Morgan fingerprint density at radius 1 is 0.809 bits per heavy atom. The minimum absolute atomic E-state index is 0.0428. The molecule has 0 bridgehead atoms. The second-order valence-electron chi connectivity index (χ2n) is 13.1. The summed E-state index contributed by atoms with van der Waals surface area (Å²) in [5.41, 5.74) is 2.92. The van der Waals surface area contributed by atoms with Crippen molar-refractivity contribution in [3.05, 3.63) is 53.1 Å². The number of carbonyl (C=O) groups is 2. The van der Waals surface area contributed by atoms with E-state index in [9.17, 15) is 9.59 Å². The van der Waals surface area contributed by atoms with Crippen LogP contribution in [0.4, 0.5) is 0 Å². The molecule has 0 N–H and O–H groups in total. The molecule has 8 heteroatoms.